The van der Waals surface area contributed by atoms with Crippen LogP contribution in [0.3, 0.4) is 0 Å². The van der Waals surface area contributed by atoms with Crippen LogP contribution in [0.15, 0.2) is 77.7 Å². The third-order valence-corrected chi connectivity index (χ3v) is 6.74. The maximum Gasteiger partial charge on any atom is 0.396 e. The summed E-state index contributed by atoms with van der Waals surface area (Å²) in [5.74, 6) is -2.55. The van der Waals surface area contributed by atoms with Gasteiger partial charge in [-0.25, -0.2) is 0 Å². The molecule has 0 N–H and O–H groups in total. The van der Waals surface area contributed by atoms with Crippen LogP contribution in [0, 0.1) is 6.92 Å². The minimum atomic E-state index is -4.66. The van der Waals surface area contributed by atoms with Gasteiger partial charge in [-0.15, -0.1) is 0 Å². The second kappa shape index (κ2) is 10.0. The Labute approximate surface area is 197 Å². The molecule has 0 aromatic heterocycles. The van der Waals surface area contributed by atoms with Gasteiger partial charge in [0.1, 0.15) is 10.6 Å². The lowest BCUT2D eigenvalue weighted by molar-refractivity contribution is -0.149. The first-order valence-corrected chi connectivity index (χ1v) is 12.1. The highest BCUT2D eigenvalue weighted by Gasteiger charge is 2.42. The zero-order valence-electron chi connectivity index (χ0n) is 19.0. The molecule has 0 spiro atoms. The summed E-state index contributed by atoms with van der Waals surface area (Å²) in [6.07, 6.45) is -5.42. The number of hydrogen-bond acceptors (Lipinski definition) is 4. The van der Waals surface area contributed by atoms with E-state index in [4.69, 9.17) is 4.18 Å². The lowest BCUT2D eigenvalue weighted by atomic mass is 9.90. The van der Waals surface area contributed by atoms with E-state index in [1.807, 2.05) is 13.8 Å². The molecule has 0 radical (unpaired) electrons. The predicted octanol–water partition coefficient (Wildman–Crippen LogP) is 6.81. The molecule has 0 amide bonds. The van der Waals surface area contributed by atoms with Crippen molar-refractivity contribution in [1.82, 2.24) is 0 Å². The number of hydrogen-bond donors (Lipinski definition) is 0. The first kappa shape index (κ1) is 25.5. The summed E-state index contributed by atoms with van der Waals surface area (Å²) in [7, 11) is -4.13. The Morgan fingerprint density at radius 2 is 1.38 bits per heavy atom. The van der Waals surface area contributed by atoms with Crippen LogP contribution in [0.2, 0.25) is 0 Å². The molecular formula is C26H25F3O4S. The molecule has 180 valence electrons. The molecule has 0 saturated heterocycles. The number of ketones is 1. The molecule has 3 aromatic rings. The van der Waals surface area contributed by atoms with Crippen molar-refractivity contribution in [3.63, 3.8) is 0 Å². The van der Waals surface area contributed by atoms with E-state index in [1.165, 1.54) is 24.3 Å². The van der Waals surface area contributed by atoms with E-state index in [-0.39, 0.29) is 27.7 Å². The van der Waals surface area contributed by atoms with Crippen LogP contribution in [-0.4, -0.2) is 20.4 Å². The average Bonchev–Trinajstić information content (AvgIpc) is 2.77. The van der Waals surface area contributed by atoms with Gasteiger partial charge in [-0.3, -0.25) is 4.79 Å². The van der Waals surface area contributed by atoms with Gasteiger partial charge >= 0.3 is 16.3 Å². The fraction of sp³-hybridized carbons (Fsp3) is 0.269. The highest BCUT2D eigenvalue weighted by molar-refractivity contribution is 7.87. The lowest BCUT2D eigenvalue weighted by Gasteiger charge is -2.20. The van der Waals surface area contributed by atoms with Crippen LogP contribution < -0.4 is 4.18 Å². The van der Waals surface area contributed by atoms with Gasteiger partial charge in [-0.05, 0) is 48.2 Å². The molecule has 4 nitrogen and oxygen atoms in total. The molecule has 0 heterocycles. The van der Waals surface area contributed by atoms with Crippen LogP contribution in [-0.2, 0) is 10.1 Å². The summed E-state index contributed by atoms with van der Waals surface area (Å²) in [6.45, 7) is 5.77. The summed E-state index contributed by atoms with van der Waals surface area (Å²) in [5.41, 5.74) is 1.91. The Balaban J connectivity index is 1.78. The molecule has 34 heavy (non-hydrogen) atoms. The first-order chi connectivity index (χ1) is 15.9. The van der Waals surface area contributed by atoms with E-state index in [0.29, 0.717) is 0 Å². The van der Waals surface area contributed by atoms with Crippen LogP contribution >= 0.6 is 0 Å². The zero-order valence-corrected chi connectivity index (χ0v) is 19.8. The maximum absolute atomic E-state index is 13.8. The van der Waals surface area contributed by atoms with Crippen molar-refractivity contribution in [3.8, 4) is 5.75 Å². The van der Waals surface area contributed by atoms with Crippen LogP contribution in [0.4, 0.5) is 13.2 Å². The second-order valence-corrected chi connectivity index (χ2v) is 9.96. The summed E-state index contributed by atoms with van der Waals surface area (Å²) in [5, 5.41) is 0. The molecule has 1 atom stereocenters. The molecule has 3 aromatic carbocycles. The van der Waals surface area contributed by atoms with Crippen molar-refractivity contribution in [2.45, 2.75) is 50.1 Å². The van der Waals surface area contributed by atoms with Crippen LogP contribution in [0.1, 0.15) is 59.2 Å². The SMILES string of the molecule is Cc1ccc(S(=O)(=O)Oc2ccc(C(CC(=O)c3ccc(C(C)C)cc3)C(F)(F)F)cc2)cc1. The quantitative estimate of drug-likeness (QED) is 0.257. The summed E-state index contributed by atoms with van der Waals surface area (Å²) in [4.78, 5) is 12.5. The van der Waals surface area contributed by atoms with Gasteiger partial charge in [0.05, 0.1) is 5.92 Å². The summed E-state index contributed by atoms with van der Waals surface area (Å²) >= 11 is 0. The Hall–Kier alpha value is -3.13. The number of halogens is 3. The molecule has 0 aliphatic rings. The number of carbonyl (C=O) groups is 1. The van der Waals surface area contributed by atoms with Gasteiger partial charge in [0.2, 0.25) is 0 Å². The Morgan fingerprint density at radius 1 is 0.853 bits per heavy atom. The fourth-order valence-electron chi connectivity index (χ4n) is 3.42. The number of alkyl halides is 3. The van der Waals surface area contributed by atoms with Crippen LogP contribution in [0.5, 0.6) is 5.75 Å². The largest absolute Gasteiger partial charge is 0.396 e. The smallest absolute Gasteiger partial charge is 0.379 e. The minimum Gasteiger partial charge on any atom is -0.379 e. The van der Waals surface area contributed by atoms with Gasteiger partial charge < -0.3 is 4.18 Å². The van der Waals surface area contributed by atoms with E-state index in [0.717, 1.165) is 35.4 Å². The normalized spacial score (nSPS) is 13.0. The van der Waals surface area contributed by atoms with E-state index in [1.54, 1.807) is 31.2 Å². The van der Waals surface area contributed by atoms with Gasteiger partial charge in [-0.2, -0.15) is 21.6 Å². The molecule has 3 rings (SSSR count). The topological polar surface area (TPSA) is 60.4 Å². The molecular weight excluding hydrogens is 465 g/mol. The fourth-order valence-corrected chi connectivity index (χ4v) is 4.35. The van der Waals surface area contributed by atoms with Gasteiger partial charge in [0, 0.05) is 12.0 Å². The Bertz CT molecular complexity index is 1230. The van der Waals surface area contributed by atoms with Gasteiger partial charge in [0.15, 0.2) is 5.78 Å². The number of carbonyl (C=O) groups excluding carboxylic acids is 1. The highest BCUT2D eigenvalue weighted by Crippen LogP contribution is 2.39. The third kappa shape index (κ3) is 6.26. The third-order valence-electron chi connectivity index (χ3n) is 5.48. The summed E-state index contributed by atoms with van der Waals surface area (Å²) in [6, 6.07) is 17.1. The van der Waals surface area contributed by atoms with Gasteiger partial charge in [-0.1, -0.05) is 67.9 Å². The highest BCUT2D eigenvalue weighted by atomic mass is 32.2. The second-order valence-electron chi connectivity index (χ2n) is 8.42. The molecule has 0 aliphatic heterocycles. The molecule has 0 aliphatic carbocycles. The molecule has 0 fully saturated rings. The number of benzene rings is 3. The molecule has 8 heteroatoms. The number of aryl methyl sites for hydroxylation is 1. The Morgan fingerprint density at radius 3 is 1.88 bits per heavy atom. The minimum absolute atomic E-state index is 0.0653. The standard InChI is InChI=1S/C26H25F3O4S/c1-17(2)19-6-8-21(9-7-19)25(30)16-24(26(27,28)29)20-10-12-22(13-11-20)33-34(31,32)23-14-4-18(3)5-15-23/h4-15,17,24H,16H2,1-3H3. The van der Waals surface area contributed by atoms with Crippen molar-refractivity contribution in [2.24, 2.45) is 0 Å². The average molecular weight is 491 g/mol. The van der Waals surface area contributed by atoms with Crippen molar-refractivity contribution < 1.29 is 30.6 Å². The van der Waals surface area contributed by atoms with Crippen molar-refractivity contribution in [3.05, 3.63) is 95.1 Å². The molecule has 1 unspecified atom stereocenters. The Kier molecular flexibility index (Phi) is 7.51. The van der Waals surface area contributed by atoms with Crippen molar-refractivity contribution in [1.29, 1.82) is 0 Å². The molecule has 0 bridgehead atoms. The number of rotatable bonds is 8. The van der Waals surface area contributed by atoms with E-state index in [2.05, 4.69) is 0 Å². The maximum atomic E-state index is 13.8. The van der Waals surface area contributed by atoms with E-state index in [9.17, 15) is 26.4 Å². The van der Waals surface area contributed by atoms with E-state index >= 15 is 0 Å². The van der Waals surface area contributed by atoms with Gasteiger partial charge in [0.25, 0.3) is 0 Å². The number of Topliss-reactive ketones (excluding diaryl/α,β-unsaturated/α-hetero) is 1. The predicted molar refractivity (Wildman–Crippen MR) is 124 cm³/mol. The molecule has 0 saturated carbocycles. The summed E-state index contributed by atoms with van der Waals surface area (Å²) < 4.78 is 71.3. The van der Waals surface area contributed by atoms with E-state index < -0.39 is 34.4 Å². The monoisotopic (exact) mass is 490 g/mol. The lowest BCUT2D eigenvalue weighted by Crippen LogP contribution is -2.24. The van der Waals surface area contributed by atoms with Crippen molar-refractivity contribution >= 4 is 15.9 Å². The van der Waals surface area contributed by atoms with Crippen LogP contribution in [0.25, 0.3) is 0 Å². The zero-order chi connectivity index (χ0) is 25.1. The van der Waals surface area contributed by atoms with Crippen molar-refractivity contribution in [2.75, 3.05) is 0 Å². The first-order valence-electron chi connectivity index (χ1n) is 10.7.